The van der Waals surface area contributed by atoms with Crippen LogP contribution < -0.4 is 4.90 Å². The van der Waals surface area contributed by atoms with Gasteiger partial charge in [-0.3, -0.25) is 9.69 Å². The number of halogens is 1. The molecule has 0 saturated carbocycles. The highest BCUT2D eigenvalue weighted by Crippen LogP contribution is 2.30. The highest BCUT2D eigenvalue weighted by Gasteiger charge is 2.21. The fraction of sp³-hybridized carbons (Fsp3) is 0.190. The number of hydrogen-bond acceptors (Lipinski definition) is 6. The van der Waals surface area contributed by atoms with Crippen LogP contribution in [-0.2, 0) is 16.4 Å². The number of aryl methyl sites for hydroxylation is 1. The molecule has 7 nitrogen and oxygen atoms in total. The summed E-state index contributed by atoms with van der Waals surface area (Å²) in [6, 6.07) is 13.8. The first-order valence-corrected chi connectivity index (χ1v) is 12.1. The Hall–Kier alpha value is -2.75. The van der Waals surface area contributed by atoms with E-state index in [2.05, 4.69) is 9.97 Å². The summed E-state index contributed by atoms with van der Waals surface area (Å²) in [5.74, 6) is -0.209. The predicted octanol–water partition coefficient (Wildman–Crippen LogP) is 4.06. The quantitative estimate of drug-likeness (QED) is 0.401. The van der Waals surface area contributed by atoms with Crippen molar-refractivity contribution in [2.45, 2.75) is 17.9 Å². The molecule has 0 radical (unpaired) electrons. The molecule has 31 heavy (non-hydrogen) atoms. The van der Waals surface area contributed by atoms with E-state index in [1.807, 2.05) is 35.0 Å². The van der Waals surface area contributed by atoms with E-state index < -0.39 is 9.84 Å². The number of rotatable bonds is 7. The van der Waals surface area contributed by atoms with Crippen LogP contribution in [0, 0.1) is 0 Å². The second-order valence-electron chi connectivity index (χ2n) is 6.87. The molecular formula is C21H21ClN4O3S2. The van der Waals surface area contributed by atoms with Gasteiger partial charge in [-0.2, -0.15) is 0 Å². The smallest absolute Gasteiger partial charge is 0.260 e. The lowest BCUT2D eigenvalue weighted by Crippen LogP contribution is -2.32. The minimum Gasteiger partial charge on any atom is -0.337 e. The van der Waals surface area contributed by atoms with Crippen molar-refractivity contribution >= 4 is 54.8 Å². The second-order valence-corrected chi connectivity index (χ2v) is 9.90. The van der Waals surface area contributed by atoms with Crippen molar-refractivity contribution in [2.75, 3.05) is 17.7 Å². The minimum atomic E-state index is -3.32. The Morgan fingerprint density at radius 2 is 1.87 bits per heavy atom. The zero-order valence-corrected chi connectivity index (χ0v) is 19.2. The van der Waals surface area contributed by atoms with Crippen molar-refractivity contribution in [3.05, 3.63) is 72.8 Å². The average Bonchev–Trinajstić information content (AvgIpc) is 3.39. The Balaban J connectivity index is 0.00000272. The van der Waals surface area contributed by atoms with Crippen molar-refractivity contribution in [3.8, 4) is 0 Å². The number of para-hydroxylation sites is 1. The molecule has 0 N–H and O–H groups in total. The molecule has 2 heterocycles. The molecule has 0 unspecified atom stereocenters. The largest absolute Gasteiger partial charge is 0.337 e. The molecule has 10 heteroatoms. The van der Waals surface area contributed by atoms with E-state index in [9.17, 15) is 13.2 Å². The number of carbonyl (C=O) groups excluding carboxylic acids is 1. The fourth-order valence-corrected chi connectivity index (χ4v) is 4.71. The highest BCUT2D eigenvalue weighted by atomic mass is 35.5. The van der Waals surface area contributed by atoms with Crippen LogP contribution >= 0.6 is 23.7 Å². The summed E-state index contributed by atoms with van der Waals surface area (Å²) in [5, 5.41) is 0.624. The minimum absolute atomic E-state index is 0. The summed E-state index contributed by atoms with van der Waals surface area (Å²) in [5.41, 5.74) is 1.27. The maximum absolute atomic E-state index is 13.3. The number of thiazole rings is 1. The fourth-order valence-electron chi connectivity index (χ4n) is 3.09. The summed E-state index contributed by atoms with van der Waals surface area (Å²) in [6.07, 6.45) is 7.22. The Kier molecular flexibility index (Phi) is 7.09. The highest BCUT2D eigenvalue weighted by molar-refractivity contribution is 7.90. The maximum Gasteiger partial charge on any atom is 0.260 e. The van der Waals surface area contributed by atoms with Crippen LogP contribution in [0.4, 0.5) is 5.13 Å². The van der Waals surface area contributed by atoms with E-state index in [4.69, 9.17) is 0 Å². The standard InChI is InChI=1S/C21H20N4O3S2.ClH/c1-30(27,28)17-9-7-16(8-10-17)20(26)25(13-4-12-24-14-11-22-15-24)21-23-18-5-2-3-6-19(18)29-21;/h2-3,5-11,14-15H,4,12-13H2,1H3;1H. The van der Waals surface area contributed by atoms with E-state index in [0.29, 0.717) is 17.2 Å². The molecule has 2 aromatic carbocycles. The first-order chi connectivity index (χ1) is 14.4. The van der Waals surface area contributed by atoms with Crippen LogP contribution in [0.5, 0.6) is 0 Å². The number of anilines is 1. The van der Waals surface area contributed by atoms with Gasteiger partial charge in [-0.15, -0.1) is 12.4 Å². The Labute approximate surface area is 190 Å². The van der Waals surface area contributed by atoms with Gasteiger partial charge in [-0.05, 0) is 42.8 Å². The number of imidazole rings is 1. The number of benzene rings is 2. The lowest BCUT2D eigenvalue weighted by Gasteiger charge is -2.20. The molecule has 4 aromatic rings. The van der Waals surface area contributed by atoms with E-state index in [-0.39, 0.29) is 23.2 Å². The van der Waals surface area contributed by atoms with Crippen LogP contribution in [0.3, 0.4) is 0 Å². The molecule has 0 atom stereocenters. The van der Waals surface area contributed by atoms with Crippen molar-refractivity contribution in [1.82, 2.24) is 14.5 Å². The third-order valence-corrected chi connectivity index (χ3v) is 6.83. The van der Waals surface area contributed by atoms with E-state index in [1.54, 1.807) is 29.6 Å². The Morgan fingerprint density at radius 3 is 2.52 bits per heavy atom. The van der Waals surface area contributed by atoms with Gasteiger partial charge in [0, 0.05) is 37.3 Å². The number of aromatic nitrogens is 3. The summed E-state index contributed by atoms with van der Waals surface area (Å²) < 4.78 is 26.4. The lowest BCUT2D eigenvalue weighted by molar-refractivity contribution is 0.0986. The number of fused-ring (bicyclic) bond motifs is 1. The molecule has 0 saturated heterocycles. The zero-order chi connectivity index (χ0) is 21.1. The topological polar surface area (TPSA) is 85.2 Å². The normalized spacial score (nSPS) is 11.3. The van der Waals surface area contributed by atoms with Gasteiger partial charge in [-0.25, -0.2) is 18.4 Å². The SMILES string of the molecule is CS(=O)(=O)c1ccc(C(=O)N(CCCn2ccnc2)c2nc3ccccc3s2)cc1.Cl. The molecular weight excluding hydrogens is 456 g/mol. The molecule has 2 aromatic heterocycles. The summed E-state index contributed by atoms with van der Waals surface area (Å²) in [6.45, 7) is 1.20. The number of hydrogen-bond donors (Lipinski definition) is 0. The van der Waals surface area contributed by atoms with Gasteiger partial charge >= 0.3 is 0 Å². The monoisotopic (exact) mass is 476 g/mol. The Morgan fingerprint density at radius 1 is 1.13 bits per heavy atom. The molecule has 0 aliphatic heterocycles. The van der Waals surface area contributed by atoms with E-state index in [0.717, 1.165) is 29.4 Å². The maximum atomic E-state index is 13.3. The Bertz CT molecular complexity index is 1240. The number of sulfone groups is 1. The van der Waals surface area contributed by atoms with Crippen molar-refractivity contribution in [3.63, 3.8) is 0 Å². The zero-order valence-electron chi connectivity index (χ0n) is 16.7. The van der Waals surface area contributed by atoms with Gasteiger partial charge < -0.3 is 4.57 Å². The first kappa shape index (κ1) is 22.9. The van der Waals surface area contributed by atoms with Crippen molar-refractivity contribution in [1.29, 1.82) is 0 Å². The van der Waals surface area contributed by atoms with Crippen molar-refractivity contribution in [2.24, 2.45) is 0 Å². The molecule has 0 fully saturated rings. The molecule has 0 bridgehead atoms. The number of nitrogens with zero attached hydrogens (tertiary/aromatic N) is 4. The molecule has 1 amide bonds. The second kappa shape index (κ2) is 9.59. The van der Waals surface area contributed by atoms with Gasteiger partial charge in [0.25, 0.3) is 5.91 Å². The van der Waals surface area contributed by atoms with Gasteiger partial charge in [0.2, 0.25) is 0 Å². The average molecular weight is 477 g/mol. The van der Waals surface area contributed by atoms with Crippen LogP contribution in [-0.4, -0.2) is 41.7 Å². The van der Waals surface area contributed by atoms with Gasteiger partial charge in [0.15, 0.2) is 15.0 Å². The molecule has 162 valence electrons. The lowest BCUT2D eigenvalue weighted by atomic mass is 10.2. The number of amides is 1. The first-order valence-electron chi connectivity index (χ1n) is 9.35. The molecule has 0 aliphatic carbocycles. The molecule has 4 rings (SSSR count). The summed E-state index contributed by atoms with van der Waals surface area (Å²) in [4.78, 5) is 23.8. The summed E-state index contributed by atoms with van der Waals surface area (Å²) >= 11 is 1.46. The van der Waals surface area contributed by atoms with Gasteiger partial charge in [0.05, 0.1) is 21.4 Å². The van der Waals surface area contributed by atoms with Gasteiger partial charge in [-0.1, -0.05) is 23.5 Å². The van der Waals surface area contributed by atoms with Crippen LogP contribution in [0.1, 0.15) is 16.8 Å². The third kappa shape index (κ3) is 5.30. The van der Waals surface area contributed by atoms with Crippen LogP contribution in [0.15, 0.2) is 72.1 Å². The molecule has 0 spiro atoms. The van der Waals surface area contributed by atoms with E-state index in [1.165, 1.54) is 23.5 Å². The third-order valence-electron chi connectivity index (χ3n) is 4.65. The van der Waals surface area contributed by atoms with Gasteiger partial charge in [0.1, 0.15) is 0 Å². The summed E-state index contributed by atoms with van der Waals surface area (Å²) in [7, 11) is -3.32. The molecule has 0 aliphatic rings. The van der Waals surface area contributed by atoms with Crippen LogP contribution in [0.2, 0.25) is 0 Å². The van der Waals surface area contributed by atoms with Crippen LogP contribution in [0.25, 0.3) is 10.2 Å². The van der Waals surface area contributed by atoms with E-state index >= 15 is 0 Å². The predicted molar refractivity (Wildman–Crippen MR) is 125 cm³/mol. The van der Waals surface area contributed by atoms with Crippen molar-refractivity contribution < 1.29 is 13.2 Å². The number of carbonyl (C=O) groups is 1.